The molecule has 0 spiro atoms. The second-order valence-electron chi connectivity index (χ2n) is 3.12. The number of aryl methyl sites for hydroxylation is 1. The molecule has 3 N–H and O–H groups in total. The number of nitrogens with two attached hydrogens (primary N) is 1. The zero-order valence-corrected chi connectivity index (χ0v) is 9.36. The van der Waals surface area contributed by atoms with Gasteiger partial charge in [-0.2, -0.15) is 5.10 Å². The number of nitrogens with zero attached hydrogens (tertiary/aromatic N) is 4. The van der Waals surface area contributed by atoms with Gasteiger partial charge in [0, 0.05) is 6.07 Å². The van der Waals surface area contributed by atoms with Crippen molar-refractivity contribution in [3.05, 3.63) is 33.2 Å². The van der Waals surface area contributed by atoms with E-state index in [9.17, 15) is 4.79 Å². The summed E-state index contributed by atoms with van der Waals surface area (Å²) in [5.74, 6) is 5.18. The lowest BCUT2D eigenvalue weighted by atomic mass is 10.4. The second-order valence-corrected chi connectivity index (χ2v) is 4.18. The van der Waals surface area contributed by atoms with E-state index in [1.807, 2.05) is 6.92 Å². The molecule has 0 amide bonds. The molecular weight excluding hydrogens is 228 g/mol. The highest BCUT2D eigenvalue weighted by Gasteiger charge is 2.05. The van der Waals surface area contributed by atoms with Crippen LogP contribution in [0.15, 0.2) is 16.9 Å². The number of hydrogen-bond acceptors (Lipinski definition) is 7. The van der Waals surface area contributed by atoms with Gasteiger partial charge in [-0.25, -0.2) is 10.5 Å². The van der Waals surface area contributed by atoms with Crippen molar-refractivity contribution in [3.8, 4) is 0 Å². The normalized spacial score (nSPS) is 10.4. The summed E-state index contributed by atoms with van der Waals surface area (Å²) in [6, 6.07) is 3.15. The zero-order valence-electron chi connectivity index (χ0n) is 8.54. The number of rotatable bonds is 3. The molecular formula is C8H10N6OS. The van der Waals surface area contributed by atoms with Crippen molar-refractivity contribution in [2.75, 3.05) is 5.43 Å². The Morgan fingerprint density at radius 3 is 3.00 bits per heavy atom. The number of hydrogen-bond donors (Lipinski definition) is 2. The van der Waals surface area contributed by atoms with Gasteiger partial charge >= 0.3 is 0 Å². The van der Waals surface area contributed by atoms with Crippen LogP contribution in [0, 0.1) is 6.92 Å². The molecule has 0 unspecified atom stereocenters. The van der Waals surface area contributed by atoms with E-state index in [-0.39, 0.29) is 5.56 Å². The van der Waals surface area contributed by atoms with Crippen LogP contribution in [0.25, 0.3) is 0 Å². The van der Waals surface area contributed by atoms with Crippen molar-refractivity contribution in [1.82, 2.24) is 20.0 Å². The molecule has 0 aliphatic carbocycles. The number of aromatic nitrogens is 4. The topological polar surface area (TPSA) is 98.7 Å². The molecule has 84 valence electrons. The third kappa shape index (κ3) is 2.23. The van der Waals surface area contributed by atoms with E-state index in [2.05, 4.69) is 20.7 Å². The molecule has 2 aromatic rings. The molecule has 16 heavy (non-hydrogen) atoms. The van der Waals surface area contributed by atoms with E-state index < -0.39 is 0 Å². The van der Waals surface area contributed by atoms with E-state index in [1.54, 1.807) is 6.07 Å². The lowest BCUT2D eigenvalue weighted by Gasteiger charge is -2.01. The maximum Gasteiger partial charge on any atom is 0.267 e. The first-order chi connectivity index (χ1) is 7.69. The first kappa shape index (κ1) is 10.7. The maximum absolute atomic E-state index is 11.5. The number of hydrazine groups is 1. The minimum absolute atomic E-state index is 0.164. The molecule has 0 bridgehead atoms. The summed E-state index contributed by atoms with van der Waals surface area (Å²) in [4.78, 5) is 11.5. The van der Waals surface area contributed by atoms with Crippen LogP contribution in [0.5, 0.6) is 0 Å². The first-order valence-corrected chi connectivity index (χ1v) is 5.34. The van der Waals surface area contributed by atoms with Crippen molar-refractivity contribution in [3.63, 3.8) is 0 Å². The van der Waals surface area contributed by atoms with Crippen LogP contribution in [-0.2, 0) is 6.54 Å². The maximum atomic E-state index is 11.5. The Morgan fingerprint density at radius 2 is 2.31 bits per heavy atom. The largest absolute Gasteiger partial charge is 0.298 e. The Labute approximate surface area is 94.9 Å². The summed E-state index contributed by atoms with van der Waals surface area (Å²) in [6.45, 7) is 2.13. The van der Waals surface area contributed by atoms with Crippen molar-refractivity contribution in [1.29, 1.82) is 0 Å². The summed E-state index contributed by atoms with van der Waals surface area (Å²) in [7, 11) is 0. The third-order valence-electron chi connectivity index (χ3n) is 1.88. The Hall–Kier alpha value is -1.80. The zero-order chi connectivity index (χ0) is 11.5. The quantitative estimate of drug-likeness (QED) is 0.564. The monoisotopic (exact) mass is 238 g/mol. The van der Waals surface area contributed by atoms with E-state index in [4.69, 9.17) is 5.84 Å². The molecule has 7 nitrogen and oxygen atoms in total. The van der Waals surface area contributed by atoms with Gasteiger partial charge in [0.15, 0.2) is 0 Å². The van der Waals surface area contributed by atoms with Gasteiger partial charge in [-0.05, 0) is 13.0 Å². The first-order valence-electron chi connectivity index (χ1n) is 4.53. The molecule has 0 aliphatic heterocycles. The van der Waals surface area contributed by atoms with Crippen molar-refractivity contribution in [2.45, 2.75) is 13.5 Å². The average molecular weight is 238 g/mol. The summed E-state index contributed by atoms with van der Waals surface area (Å²) in [5, 5.41) is 12.9. The highest BCUT2D eigenvalue weighted by molar-refractivity contribution is 7.15. The predicted octanol–water partition coefficient (Wildman–Crippen LogP) is -0.263. The van der Waals surface area contributed by atoms with Gasteiger partial charge in [-0.15, -0.1) is 10.2 Å². The molecule has 2 heterocycles. The van der Waals surface area contributed by atoms with Crippen LogP contribution >= 0.6 is 11.3 Å². The number of anilines is 1. The van der Waals surface area contributed by atoms with Gasteiger partial charge in [0.05, 0.1) is 12.2 Å². The van der Waals surface area contributed by atoms with E-state index in [0.717, 1.165) is 5.69 Å². The highest BCUT2D eigenvalue weighted by Crippen LogP contribution is 2.13. The average Bonchev–Trinajstić information content (AvgIpc) is 2.71. The fourth-order valence-corrected chi connectivity index (χ4v) is 1.80. The van der Waals surface area contributed by atoms with E-state index in [0.29, 0.717) is 16.7 Å². The summed E-state index contributed by atoms with van der Waals surface area (Å²) in [5.41, 5.74) is 3.01. The number of nitrogen functional groups attached to an aromatic ring is 1. The van der Waals surface area contributed by atoms with Gasteiger partial charge < -0.3 is 0 Å². The fourth-order valence-electron chi connectivity index (χ4n) is 1.17. The summed E-state index contributed by atoms with van der Waals surface area (Å²) in [6.07, 6.45) is 0. The van der Waals surface area contributed by atoms with Gasteiger partial charge in [-0.1, -0.05) is 11.3 Å². The lowest BCUT2D eigenvalue weighted by Crippen LogP contribution is -2.22. The third-order valence-corrected chi connectivity index (χ3v) is 2.71. The van der Waals surface area contributed by atoms with Crippen molar-refractivity contribution >= 4 is 16.5 Å². The second kappa shape index (κ2) is 4.37. The Balaban J connectivity index is 2.26. The molecule has 0 saturated carbocycles. The van der Waals surface area contributed by atoms with E-state index >= 15 is 0 Å². The summed E-state index contributed by atoms with van der Waals surface area (Å²) < 4.78 is 1.34. The number of nitrogens with one attached hydrogen (secondary N) is 1. The molecule has 0 saturated heterocycles. The molecule has 0 aromatic carbocycles. The molecule has 0 fully saturated rings. The van der Waals surface area contributed by atoms with Crippen LogP contribution < -0.4 is 16.8 Å². The fraction of sp³-hybridized carbons (Fsp3) is 0.250. The minimum Gasteiger partial charge on any atom is -0.298 e. The Kier molecular flexibility index (Phi) is 2.93. The van der Waals surface area contributed by atoms with Crippen LogP contribution in [0.3, 0.4) is 0 Å². The Bertz CT molecular complexity index is 547. The molecule has 0 atom stereocenters. The summed E-state index contributed by atoms with van der Waals surface area (Å²) >= 11 is 1.28. The SMILES string of the molecule is Cc1ccc(=O)n(Cc2nnc(NN)s2)n1. The Morgan fingerprint density at radius 1 is 1.50 bits per heavy atom. The molecule has 2 aromatic heterocycles. The van der Waals surface area contributed by atoms with Gasteiger partial charge in [-0.3, -0.25) is 10.2 Å². The van der Waals surface area contributed by atoms with Crippen molar-refractivity contribution in [2.24, 2.45) is 5.84 Å². The minimum atomic E-state index is -0.164. The van der Waals surface area contributed by atoms with E-state index in [1.165, 1.54) is 22.1 Å². The molecule has 0 radical (unpaired) electrons. The molecule has 0 aliphatic rings. The van der Waals surface area contributed by atoms with Crippen LogP contribution in [0.2, 0.25) is 0 Å². The smallest absolute Gasteiger partial charge is 0.267 e. The lowest BCUT2D eigenvalue weighted by molar-refractivity contribution is 0.622. The van der Waals surface area contributed by atoms with Crippen molar-refractivity contribution < 1.29 is 0 Å². The van der Waals surface area contributed by atoms with Gasteiger partial charge in [0.2, 0.25) is 5.13 Å². The van der Waals surface area contributed by atoms with Crippen LogP contribution in [-0.4, -0.2) is 20.0 Å². The van der Waals surface area contributed by atoms with Gasteiger partial charge in [0.1, 0.15) is 5.01 Å². The van der Waals surface area contributed by atoms with Crippen LogP contribution in [0.1, 0.15) is 10.7 Å². The highest BCUT2D eigenvalue weighted by atomic mass is 32.1. The molecule has 8 heteroatoms. The predicted molar refractivity (Wildman–Crippen MR) is 60.1 cm³/mol. The van der Waals surface area contributed by atoms with Crippen LogP contribution in [0.4, 0.5) is 5.13 Å². The standard InChI is InChI=1S/C8H10N6OS/c1-5-2-3-7(15)14(13-5)4-6-11-12-8(10-9)16-6/h2-3H,4,9H2,1H3,(H,10,12). The molecule has 2 rings (SSSR count). The van der Waals surface area contributed by atoms with Gasteiger partial charge in [0.25, 0.3) is 5.56 Å².